The van der Waals surface area contributed by atoms with Crippen molar-refractivity contribution in [3.63, 3.8) is 0 Å². The second kappa shape index (κ2) is 7.18. The molecule has 0 bridgehead atoms. The highest BCUT2D eigenvalue weighted by atomic mass is 32.1. The zero-order chi connectivity index (χ0) is 16.1. The van der Waals surface area contributed by atoms with Crippen LogP contribution >= 0.6 is 11.3 Å². The molecule has 1 heterocycles. The van der Waals surface area contributed by atoms with Crippen LogP contribution in [0.4, 0.5) is 5.69 Å². The lowest BCUT2D eigenvalue weighted by Crippen LogP contribution is -2.45. The van der Waals surface area contributed by atoms with Crippen molar-refractivity contribution >= 4 is 22.9 Å². The third-order valence-corrected chi connectivity index (χ3v) is 5.89. The van der Waals surface area contributed by atoms with Crippen molar-refractivity contribution < 1.29 is 4.79 Å². The molecule has 122 valence electrons. The van der Waals surface area contributed by atoms with Gasteiger partial charge in [0.1, 0.15) is 0 Å². The highest BCUT2D eigenvalue weighted by molar-refractivity contribution is 7.10. The molecule has 1 aliphatic rings. The lowest BCUT2D eigenvalue weighted by Gasteiger charge is -2.35. The summed E-state index contributed by atoms with van der Waals surface area (Å²) in [6, 6.07) is 12.0. The van der Waals surface area contributed by atoms with E-state index < -0.39 is 0 Å². The molecule has 0 aliphatic heterocycles. The standard InChI is InChI=1S/C19H24N2OS/c20-16-8-6-15(7-9-16)10-13-21-18(22)19(11-2-1-3-12-19)17-5-4-14-23-17/h4-9,14H,1-3,10-13,20H2,(H,21,22). The van der Waals surface area contributed by atoms with Gasteiger partial charge in [-0.2, -0.15) is 0 Å². The summed E-state index contributed by atoms with van der Waals surface area (Å²) < 4.78 is 0. The number of rotatable bonds is 5. The number of hydrogen-bond donors (Lipinski definition) is 2. The predicted octanol–water partition coefficient (Wildman–Crippen LogP) is 3.89. The van der Waals surface area contributed by atoms with Crippen LogP contribution in [0.15, 0.2) is 41.8 Å². The molecule has 1 fully saturated rings. The average Bonchev–Trinajstić information content (AvgIpc) is 3.12. The Kier molecular flexibility index (Phi) is 5.01. The maximum absolute atomic E-state index is 12.9. The summed E-state index contributed by atoms with van der Waals surface area (Å²) >= 11 is 1.71. The van der Waals surface area contributed by atoms with E-state index >= 15 is 0 Å². The van der Waals surface area contributed by atoms with Crippen molar-refractivity contribution in [1.82, 2.24) is 5.32 Å². The summed E-state index contributed by atoms with van der Waals surface area (Å²) in [6.45, 7) is 0.676. The number of carbonyl (C=O) groups excluding carboxylic acids is 1. The van der Waals surface area contributed by atoms with Gasteiger partial charge < -0.3 is 11.1 Å². The number of nitrogens with two attached hydrogens (primary N) is 1. The van der Waals surface area contributed by atoms with Crippen LogP contribution in [0.3, 0.4) is 0 Å². The minimum atomic E-state index is -0.298. The Labute approximate surface area is 141 Å². The number of benzene rings is 1. The van der Waals surface area contributed by atoms with E-state index in [9.17, 15) is 4.79 Å². The first-order valence-electron chi connectivity index (χ1n) is 8.37. The van der Waals surface area contributed by atoms with E-state index in [-0.39, 0.29) is 11.3 Å². The fourth-order valence-corrected chi connectivity index (χ4v) is 4.45. The van der Waals surface area contributed by atoms with Gasteiger partial charge >= 0.3 is 0 Å². The highest BCUT2D eigenvalue weighted by Crippen LogP contribution is 2.41. The predicted molar refractivity (Wildman–Crippen MR) is 96.7 cm³/mol. The molecule has 2 aromatic rings. The van der Waals surface area contributed by atoms with Crippen LogP contribution in [0.1, 0.15) is 42.5 Å². The van der Waals surface area contributed by atoms with Crippen LogP contribution in [0.5, 0.6) is 0 Å². The summed E-state index contributed by atoms with van der Waals surface area (Å²) in [5.74, 6) is 0.204. The quantitative estimate of drug-likeness (QED) is 0.818. The van der Waals surface area contributed by atoms with Crippen molar-refractivity contribution in [2.75, 3.05) is 12.3 Å². The number of carbonyl (C=O) groups is 1. The molecule has 3 rings (SSSR count). The molecule has 1 amide bonds. The summed E-state index contributed by atoms with van der Waals surface area (Å²) in [4.78, 5) is 14.2. The maximum Gasteiger partial charge on any atom is 0.231 e. The first-order valence-corrected chi connectivity index (χ1v) is 9.25. The molecular formula is C19H24N2OS. The molecule has 0 radical (unpaired) electrons. The molecule has 1 aliphatic carbocycles. The van der Waals surface area contributed by atoms with Gasteiger partial charge in [-0.1, -0.05) is 37.5 Å². The molecule has 1 aromatic carbocycles. The SMILES string of the molecule is Nc1ccc(CCNC(=O)C2(c3cccs3)CCCCC2)cc1. The molecule has 3 nitrogen and oxygen atoms in total. The lowest BCUT2D eigenvalue weighted by atomic mass is 9.72. The van der Waals surface area contributed by atoms with Crippen molar-refractivity contribution in [3.8, 4) is 0 Å². The van der Waals surface area contributed by atoms with Gasteiger partial charge in [-0.25, -0.2) is 0 Å². The van der Waals surface area contributed by atoms with E-state index in [0.717, 1.165) is 37.8 Å². The molecule has 4 heteroatoms. The van der Waals surface area contributed by atoms with E-state index in [1.165, 1.54) is 16.9 Å². The van der Waals surface area contributed by atoms with Gasteiger partial charge in [0.25, 0.3) is 0 Å². The van der Waals surface area contributed by atoms with Gasteiger partial charge in [0.2, 0.25) is 5.91 Å². The van der Waals surface area contributed by atoms with Crippen LogP contribution in [0, 0.1) is 0 Å². The number of nitrogen functional groups attached to an aromatic ring is 1. The third kappa shape index (κ3) is 3.58. The Morgan fingerprint density at radius 3 is 2.52 bits per heavy atom. The van der Waals surface area contributed by atoms with Gasteiger partial charge in [-0.05, 0) is 48.4 Å². The Hall–Kier alpha value is -1.81. The Bertz CT molecular complexity index is 628. The van der Waals surface area contributed by atoms with Gasteiger partial charge in [0.15, 0.2) is 0 Å². The molecule has 0 saturated heterocycles. The summed E-state index contributed by atoms with van der Waals surface area (Å²) in [6.07, 6.45) is 6.31. The van der Waals surface area contributed by atoms with Gasteiger partial charge in [0, 0.05) is 17.1 Å². The van der Waals surface area contributed by atoms with E-state index in [2.05, 4.69) is 22.8 Å². The van der Waals surface area contributed by atoms with Gasteiger partial charge in [0.05, 0.1) is 5.41 Å². The number of anilines is 1. The molecule has 1 saturated carbocycles. The van der Waals surface area contributed by atoms with Crippen LogP contribution in [-0.4, -0.2) is 12.5 Å². The number of nitrogens with one attached hydrogen (secondary N) is 1. The van der Waals surface area contributed by atoms with Crippen LogP contribution < -0.4 is 11.1 Å². The molecule has 0 spiro atoms. The fourth-order valence-electron chi connectivity index (χ4n) is 3.47. The van der Waals surface area contributed by atoms with Crippen molar-refractivity contribution in [2.24, 2.45) is 0 Å². The van der Waals surface area contributed by atoms with Gasteiger partial charge in [-0.3, -0.25) is 4.79 Å². The molecule has 1 aromatic heterocycles. The Morgan fingerprint density at radius 1 is 1.13 bits per heavy atom. The molecule has 0 unspecified atom stereocenters. The average molecular weight is 328 g/mol. The second-order valence-corrected chi connectivity index (χ2v) is 7.32. The minimum absolute atomic E-state index is 0.204. The normalized spacial score (nSPS) is 16.9. The van der Waals surface area contributed by atoms with Crippen LogP contribution in [0.2, 0.25) is 0 Å². The number of amides is 1. The number of hydrogen-bond acceptors (Lipinski definition) is 3. The highest BCUT2D eigenvalue weighted by Gasteiger charge is 2.41. The van der Waals surface area contributed by atoms with E-state index in [1.54, 1.807) is 11.3 Å². The fraction of sp³-hybridized carbons (Fsp3) is 0.421. The van der Waals surface area contributed by atoms with Gasteiger partial charge in [-0.15, -0.1) is 11.3 Å². The minimum Gasteiger partial charge on any atom is -0.399 e. The molecule has 0 atom stereocenters. The monoisotopic (exact) mass is 328 g/mol. The lowest BCUT2D eigenvalue weighted by molar-refractivity contribution is -0.127. The maximum atomic E-state index is 12.9. The first-order chi connectivity index (χ1) is 11.2. The third-order valence-electron chi connectivity index (χ3n) is 4.81. The Balaban J connectivity index is 1.64. The number of thiophene rings is 1. The van der Waals surface area contributed by atoms with Crippen molar-refractivity contribution in [1.29, 1.82) is 0 Å². The summed E-state index contributed by atoms with van der Waals surface area (Å²) in [5, 5.41) is 5.26. The largest absolute Gasteiger partial charge is 0.399 e. The first kappa shape index (κ1) is 16.1. The molecule has 3 N–H and O–H groups in total. The van der Waals surface area contributed by atoms with Crippen molar-refractivity contribution in [2.45, 2.75) is 43.9 Å². The zero-order valence-corrected chi connectivity index (χ0v) is 14.2. The molecule has 23 heavy (non-hydrogen) atoms. The smallest absolute Gasteiger partial charge is 0.231 e. The zero-order valence-electron chi connectivity index (χ0n) is 13.4. The van der Waals surface area contributed by atoms with E-state index in [4.69, 9.17) is 5.73 Å². The molecular weight excluding hydrogens is 304 g/mol. The van der Waals surface area contributed by atoms with Crippen LogP contribution in [0.25, 0.3) is 0 Å². The van der Waals surface area contributed by atoms with Crippen molar-refractivity contribution in [3.05, 3.63) is 52.2 Å². The van der Waals surface area contributed by atoms with Crippen LogP contribution in [-0.2, 0) is 16.6 Å². The second-order valence-electron chi connectivity index (χ2n) is 6.37. The summed E-state index contributed by atoms with van der Waals surface area (Å²) in [7, 11) is 0. The Morgan fingerprint density at radius 2 is 1.87 bits per heavy atom. The van der Waals surface area contributed by atoms with E-state index in [1.807, 2.05) is 24.3 Å². The summed E-state index contributed by atoms with van der Waals surface area (Å²) in [5.41, 5.74) is 7.38. The van der Waals surface area contributed by atoms with E-state index in [0.29, 0.717) is 6.54 Å². The topological polar surface area (TPSA) is 55.1 Å².